The zero-order valence-corrected chi connectivity index (χ0v) is 12.9. The molecule has 1 atom stereocenters. The number of hydrogen-bond acceptors (Lipinski definition) is 4. The Morgan fingerprint density at radius 2 is 2.05 bits per heavy atom. The van der Waals surface area contributed by atoms with Gasteiger partial charge in [0.1, 0.15) is 17.3 Å². The summed E-state index contributed by atoms with van der Waals surface area (Å²) in [5, 5.41) is 3.51. The molecular weight excluding hydrogens is 266 g/mol. The second kappa shape index (κ2) is 7.74. The molecule has 0 saturated carbocycles. The highest BCUT2D eigenvalue weighted by Gasteiger charge is 2.16. The third-order valence-electron chi connectivity index (χ3n) is 3.53. The van der Waals surface area contributed by atoms with Gasteiger partial charge in [-0.05, 0) is 31.2 Å². The second-order valence-corrected chi connectivity index (χ2v) is 4.84. The van der Waals surface area contributed by atoms with Crippen molar-refractivity contribution < 1.29 is 13.9 Å². The van der Waals surface area contributed by atoms with Crippen LogP contribution in [-0.4, -0.2) is 20.8 Å². The molecule has 1 unspecified atom stereocenters. The Labute approximate surface area is 126 Å². The summed E-state index contributed by atoms with van der Waals surface area (Å²) in [6, 6.07) is 10.1. The van der Waals surface area contributed by atoms with E-state index in [1.54, 1.807) is 20.5 Å². The van der Waals surface area contributed by atoms with Gasteiger partial charge in [0.2, 0.25) is 0 Å². The lowest BCUT2D eigenvalue weighted by molar-refractivity contribution is 0.380. The first-order valence-corrected chi connectivity index (χ1v) is 7.26. The summed E-state index contributed by atoms with van der Waals surface area (Å²) in [4.78, 5) is 0. The normalized spacial score (nSPS) is 12.1. The van der Waals surface area contributed by atoms with Gasteiger partial charge < -0.3 is 19.2 Å². The fraction of sp³-hybridized carbons (Fsp3) is 0.412. The maximum atomic E-state index is 5.51. The zero-order chi connectivity index (χ0) is 15.1. The number of benzene rings is 1. The van der Waals surface area contributed by atoms with Crippen molar-refractivity contribution in [3.05, 3.63) is 47.9 Å². The quantitative estimate of drug-likeness (QED) is 0.806. The zero-order valence-electron chi connectivity index (χ0n) is 12.9. The third-order valence-corrected chi connectivity index (χ3v) is 3.53. The van der Waals surface area contributed by atoms with Crippen LogP contribution >= 0.6 is 0 Å². The Kier molecular flexibility index (Phi) is 5.69. The van der Waals surface area contributed by atoms with Gasteiger partial charge in [-0.2, -0.15) is 0 Å². The lowest BCUT2D eigenvalue weighted by Crippen LogP contribution is -2.22. The molecule has 0 bridgehead atoms. The molecule has 4 nitrogen and oxygen atoms in total. The summed E-state index contributed by atoms with van der Waals surface area (Å²) >= 11 is 0. The number of methoxy groups -OCH3 is 2. The first-order chi connectivity index (χ1) is 10.3. The van der Waals surface area contributed by atoms with E-state index in [0.29, 0.717) is 0 Å². The lowest BCUT2D eigenvalue weighted by Gasteiger charge is -2.21. The van der Waals surface area contributed by atoms with Crippen molar-refractivity contribution in [1.29, 1.82) is 0 Å². The predicted octanol–water partition coefficient (Wildman–Crippen LogP) is 3.58. The van der Waals surface area contributed by atoms with Crippen molar-refractivity contribution in [2.45, 2.75) is 25.8 Å². The van der Waals surface area contributed by atoms with Crippen LogP contribution in [0.2, 0.25) is 0 Å². The molecule has 0 aliphatic heterocycles. The van der Waals surface area contributed by atoms with Crippen molar-refractivity contribution in [3.63, 3.8) is 0 Å². The largest absolute Gasteiger partial charge is 0.497 e. The van der Waals surface area contributed by atoms with Gasteiger partial charge in [-0.25, -0.2) is 0 Å². The van der Waals surface area contributed by atoms with Crippen molar-refractivity contribution in [2.75, 3.05) is 20.8 Å². The Morgan fingerprint density at radius 1 is 1.19 bits per heavy atom. The third kappa shape index (κ3) is 4.02. The molecule has 0 aliphatic carbocycles. The topological polar surface area (TPSA) is 43.6 Å². The van der Waals surface area contributed by atoms with E-state index < -0.39 is 0 Å². The van der Waals surface area contributed by atoms with Crippen molar-refractivity contribution in [1.82, 2.24) is 5.32 Å². The van der Waals surface area contributed by atoms with E-state index in [1.807, 2.05) is 24.3 Å². The molecule has 114 valence electrons. The summed E-state index contributed by atoms with van der Waals surface area (Å²) in [6.07, 6.45) is 3.55. The Balaban J connectivity index is 2.16. The van der Waals surface area contributed by atoms with E-state index >= 15 is 0 Å². The molecular formula is C17H23NO3. The minimum Gasteiger partial charge on any atom is -0.497 e. The molecule has 21 heavy (non-hydrogen) atoms. The van der Waals surface area contributed by atoms with Crippen LogP contribution in [-0.2, 0) is 6.42 Å². The number of hydrogen-bond donors (Lipinski definition) is 1. The molecule has 0 spiro atoms. The minimum absolute atomic E-state index is 0.223. The van der Waals surface area contributed by atoms with Gasteiger partial charge in [-0.15, -0.1) is 0 Å². The standard InChI is InChI=1S/C17H23NO3/c1-4-18-16(10-8-13-6-5-11-21-13)15-9-7-14(19-2)12-17(15)20-3/h5-7,9,11-12,16,18H,4,8,10H2,1-3H3. The van der Waals surface area contributed by atoms with Gasteiger partial charge in [-0.3, -0.25) is 0 Å². The summed E-state index contributed by atoms with van der Waals surface area (Å²) in [6.45, 7) is 3.01. The Morgan fingerprint density at radius 3 is 2.67 bits per heavy atom. The van der Waals surface area contributed by atoms with Gasteiger partial charge in [0.25, 0.3) is 0 Å². The Bertz CT molecular complexity index is 537. The number of rotatable bonds is 8. The molecule has 0 aliphatic rings. The summed E-state index contributed by atoms with van der Waals surface area (Å²) in [5.74, 6) is 2.65. The maximum Gasteiger partial charge on any atom is 0.127 e. The molecule has 1 aromatic carbocycles. The van der Waals surface area contributed by atoms with Crippen LogP contribution < -0.4 is 14.8 Å². The SMILES string of the molecule is CCNC(CCc1ccco1)c1ccc(OC)cc1OC. The minimum atomic E-state index is 0.223. The molecule has 2 aromatic rings. The molecule has 4 heteroatoms. The van der Waals surface area contributed by atoms with Crippen molar-refractivity contribution >= 4 is 0 Å². The number of furan rings is 1. The average Bonchev–Trinajstić information content (AvgIpc) is 3.04. The van der Waals surface area contributed by atoms with E-state index in [9.17, 15) is 0 Å². The highest BCUT2D eigenvalue weighted by molar-refractivity contribution is 5.42. The second-order valence-electron chi connectivity index (χ2n) is 4.84. The summed E-state index contributed by atoms with van der Waals surface area (Å²) in [7, 11) is 3.35. The summed E-state index contributed by atoms with van der Waals surface area (Å²) in [5.41, 5.74) is 1.15. The fourth-order valence-corrected chi connectivity index (χ4v) is 2.46. The molecule has 1 N–H and O–H groups in total. The molecule has 0 saturated heterocycles. The van der Waals surface area contributed by atoms with Gasteiger partial charge in [-0.1, -0.05) is 13.0 Å². The van der Waals surface area contributed by atoms with Crippen LogP contribution in [0.3, 0.4) is 0 Å². The van der Waals surface area contributed by atoms with Crippen LogP contribution in [0.5, 0.6) is 11.5 Å². The molecule has 0 amide bonds. The van der Waals surface area contributed by atoms with Gasteiger partial charge in [0, 0.05) is 24.1 Å². The van der Waals surface area contributed by atoms with Crippen molar-refractivity contribution in [3.8, 4) is 11.5 Å². The first-order valence-electron chi connectivity index (χ1n) is 7.26. The molecule has 0 fully saturated rings. The molecule has 0 radical (unpaired) electrons. The van der Waals surface area contributed by atoms with E-state index in [4.69, 9.17) is 13.9 Å². The maximum absolute atomic E-state index is 5.51. The van der Waals surface area contributed by atoms with Crippen LogP contribution in [0.15, 0.2) is 41.0 Å². The van der Waals surface area contributed by atoms with E-state index in [2.05, 4.69) is 18.3 Å². The van der Waals surface area contributed by atoms with Crippen LogP contribution in [0, 0.1) is 0 Å². The predicted molar refractivity (Wildman–Crippen MR) is 83.0 cm³/mol. The first kappa shape index (κ1) is 15.4. The van der Waals surface area contributed by atoms with Gasteiger partial charge in [0.05, 0.1) is 20.5 Å². The van der Waals surface area contributed by atoms with Gasteiger partial charge in [0.15, 0.2) is 0 Å². The van der Waals surface area contributed by atoms with Crippen molar-refractivity contribution in [2.24, 2.45) is 0 Å². The highest BCUT2D eigenvalue weighted by Crippen LogP contribution is 2.31. The monoisotopic (exact) mass is 289 g/mol. The lowest BCUT2D eigenvalue weighted by atomic mass is 10.00. The van der Waals surface area contributed by atoms with Crippen LogP contribution in [0.25, 0.3) is 0 Å². The van der Waals surface area contributed by atoms with E-state index in [0.717, 1.165) is 42.2 Å². The number of nitrogens with one attached hydrogen (secondary N) is 1. The van der Waals surface area contributed by atoms with E-state index in [-0.39, 0.29) is 6.04 Å². The smallest absolute Gasteiger partial charge is 0.127 e. The van der Waals surface area contributed by atoms with Gasteiger partial charge >= 0.3 is 0 Å². The average molecular weight is 289 g/mol. The highest BCUT2D eigenvalue weighted by atomic mass is 16.5. The number of ether oxygens (including phenoxy) is 2. The molecule has 1 heterocycles. The summed E-state index contributed by atoms with van der Waals surface area (Å²) < 4.78 is 16.2. The van der Waals surface area contributed by atoms with Crippen LogP contribution in [0.4, 0.5) is 0 Å². The van der Waals surface area contributed by atoms with Crippen LogP contribution in [0.1, 0.15) is 30.7 Å². The van der Waals surface area contributed by atoms with E-state index in [1.165, 1.54) is 0 Å². The number of aryl methyl sites for hydroxylation is 1. The Hall–Kier alpha value is -1.94. The fourth-order valence-electron chi connectivity index (χ4n) is 2.46. The molecule has 2 rings (SSSR count). The molecule has 1 aromatic heterocycles.